The average Bonchev–Trinajstić information content (AvgIpc) is 3.12. The summed E-state index contributed by atoms with van der Waals surface area (Å²) in [4.78, 5) is 12.1. The number of aryl methyl sites for hydroxylation is 1. The number of anilines is 1. The largest absolute Gasteiger partial charge is 0.467 e. The number of amides is 1. The number of rotatable bonds is 6. The number of nitrogens with one attached hydrogen (secondary N) is 2. The van der Waals surface area contributed by atoms with Crippen LogP contribution in [0.5, 0.6) is 0 Å². The van der Waals surface area contributed by atoms with Gasteiger partial charge in [-0.2, -0.15) is 0 Å². The van der Waals surface area contributed by atoms with Gasteiger partial charge in [-0.1, -0.05) is 29.8 Å². The maximum absolute atomic E-state index is 12.1. The Bertz CT molecular complexity index is 798. The van der Waals surface area contributed by atoms with Crippen molar-refractivity contribution in [3.05, 3.63) is 77.4 Å². The van der Waals surface area contributed by atoms with E-state index in [2.05, 4.69) is 20.8 Å². The van der Waals surface area contributed by atoms with E-state index >= 15 is 0 Å². The summed E-state index contributed by atoms with van der Waals surface area (Å²) < 4.78 is 5.22. The Morgan fingerprint density at radius 3 is 2.71 bits per heavy atom. The lowest BCUT2D eigenvalue weighted by Gasteiger charge is -2.06. The highest BCUT2D eigenvalue weighted by molar-refractivity contribution is 5.92. The number of aromatic nitrogens is 2. The van der Waals surface area contributed by atoms with Crippen molar-refractivity contribution in [1.29, 1.82) is 0 Å². The predicted molar refractivity (Wildman–Crippen MR) is 90.4 cm³/mol. The highest BCUT2D eigenvalue weighted by atomic mass is 16.3. The van der Waals surface area contributed by atoms with E-state index in [0.29, 0.717) is 18.9 Å². The number of benzene rings is 1. The van der Waals surface area contributed by atoms with Crippen molar-refractivity contribution in [2.75, 3.05) is 5.32 Å². The van der Waals surface area contributed by atoms with Crippen LogP contribution in [0, 0.1) is 6.92 Å². The van der Waals surface area contributed by atoms with Crippen LogP contribution in [-0.2, 0) is 13.1 Å². The SMILES string of the molecule is Cc1cccc(CNC(=O)c2ccc(NCc3ccco3)nn2)c1. The van der Waals surface area contributed by atoms with Gasteiger partial charge in [-0.05, 0) is 36.8 Å². The Morgan fingerprint density at radius 1 is 1.08 bits per heavy atom. The van der Waals surface area contributed by atoms with E-state index in [1.165, 1.54) is 0 Å². The molecule has 0 saturated carbocycles. The molecule has 122 valence electrons. The minimum atomic E-state index is -0.249. The third-order valence-electron chi connectivity index (χ3n) is 3.46. The normalized spacial score (nSPS) is 10.4. The average molecular weight is 322 g/mol. The van der Waals surface area contributed by atoms with Crippen LogP contribution in [0.25, 0.3) is 0 Å². The molecule has 0 spiro atoms. The Hall–Kier alpha value is -3.15. The molecule has 0 radical (unpaired) electrons. The maximum atomic E-state index is 12.1. The summed E-state index contributed by atoms with van der Waals surface area (Å²) in [6.07, 6.45) is 1.62. The zero-order valence-electron chi connectivity index (χ0n) is 13.3. The van der Waals surface area contributed by atoms with Gasteiger partial charge < -0.3 is 15.1 Å². The van der Waals surface area contributed by atoms with E-state index in [0.717, 1.165) is 16.9 Å². The van der Waals surface area contributed by atoms with Crippen molar-refractivity contribution in [3.63, 3.8) is 0 Å². The quantitative estimate of drug-likeness (QED) is 0.729. The van der Waals surface area contributed by atoms with Gasteiger partial charge in [-0.15, -0.1) is 10.2 Å². The molecule has 6 heteroatoms. The molecule has 0 aliphatic carbocycles. The fourth-order valence-corrected chi connectivity index (χ4v) is 2.23. The number of nitrogens with zero attached hydrogens (tertiary/aromatic N) is 2. The highest BCUT2D eigenvalue weighted by Gasteiger charge is 2.08. The first-order chi connectivity index (χ1) is 11.7. The van der Waals surface area contributed by atoms with Crippen molar-refractivity contribution < 1.29 is 9.21 Å². The van der Waals surface area contributed by atoms with Crippen LogP contribution in [-0.4, -0.2) is 16.1 Å². The summed E-state index contributed by atoms with van der Waals surface area (Å²) >= 11 is 0. The highest BCUT2D eigenvalue weighted by Crippen LogP contribution is 2.07. The van der Waals surface area contributed by atoms with Crippen molar-refractivity contribution >= 4 is 11.7 Å². The molecule has 0 atom stereocenters. The lowest BCUT2D eigenvalue weighted by molar-refractivity contribution is 0.0945. The molecule has 2 heterocycles. The van der Waals surface area contributed by atoms with E-state index in [1.807, 2.05) is 43.3 Å². The molecule has 1 amide bonds. The number of furan rings is 1. The third kappa shape index (κ3) is 4.19. The molecule has 6 nitrogen and oxygen atoms in total. The number of hydrogen-bond acceptors (Lipinski definition) is 5. The Labute approximate surface area is 139 Å². The second kappa shape index (κ2) is 7.41. The molecule has 3 rings (SSSR count). The molecule has 0 bridgehead atoms. The molecule has 0 aliphatic heterocycles. The summed E-state index contributed by atoms with van der Waals surface area (Å²) in [7, 11) is 0. The smallest absolute Gasteiger partial charge is 0.272 e. The molecular formula is C18H18N4O2. The molecule has 0 aliphatic rings. The van der Waals surface area contributed by atoms with E-state index in [-0.39, 0.29) is 11.6 Å². The van der Waals surface area contributed by atoms with Gasteiger partial charge in [0.1, 0.15) is 11.6 Å². The summed E-state index contributed by atoms with van der Waals surface area (Å²) in [5, 5.41) is 13.9. The molecule has 0 saturated heterocycles. The zero-order chi connectivity index (χ0) is 16.8. The second-order valence-corrected chi connectivity index (χ2v) is 5.41. The van der Waals surface area contributed by atoms with E-state index in [9.17, 15) is 4.79 Å². The fourth-order valence-electron chi connectivity index (χ4n) is 2.23. The summed E-state index contributed by atoms with van der Waals surface area (Å²) in [6, 6.07) is 15.0. The molecule has 1 aromatic carbocycles. The lowest BCUT2D eigenvalue weighted by atomic mass is 10.1. The number of hydrogen-bond donors (Lipinski definition) is 2. The first-order valence-corrected chi connectivity index (χ1v) is 7.64. The minimum absolute atomic E-state index is 0.249. The van der Waals surface area contributed by atoms with Crippen LogP contribution in [0.2, 0.25) is 0 Å². The van der Waals surface area contributed by atoms with E-state index in [1.54, 1.807) is 18.4 Å². The lowest BCUT2D eigenvalue weighted by Crippen LogP contribution is -2.24. The van der Waals surface area contributed by atoms with Crippen LogP contribution in [0.3, 0.4) is 0 Å². The van der Waals surface area contributed by atoms with E-state index < -0.39 is 0 Å². The number of carbonyl (C=O) groups excluding carboxylic acids is 1. The molecule has 2 aromatic heterocycles. The van der Waals surface area contributed by atoms with Crippen molar-refractivity contribution in [2.45, 2.75) is 20.0 Å². The van der Waals surface area contributed by atoms with Crippen LogP contribution in [0.1, 0.15) is 27.4 Å². The maximum Gasteiger partial charge on any atom is 0.272 e. The summed E-state index contributed by atoms with van der Waals surface area (Å²) in [5.74, 6) is 1.14. The Morgan fingerprint density at radius 2 is 2.00 bits per heavy atom. The molecule has 2 N–H and O–H groups in total. The van der Waals surface area contributed by atoms with Gasteiger partial charge >= 0.3 is 0 Å². The minimum Gasteiger partial charge on any atom is -0.467 e. The van der Waals surface area contributed by atoms with Gasteiger partial charge in [0.05, 0.1) is 12.8 Å². The van der Waals surface area contributed by atoms with Crippen molar-refractivity contribution in [2.24, 2.45) is 0 Å². The van der Waals surface area contributed by atoms with Crippen LogP contribution < -0.4 is 10.6 Å². The van der Waals surface area contributed by atoms with Crippen LogP contribution >= 0.6 is 0 Å². The standard InChI is InChI=1S/C18H18N4O2/c1-13-4-2-5-14(10-13)11-20-18(23)16-7-8-17(22-21-16)19-12-15-6-3-9-24-15/h2-10H,11-12H2,1H3,(H,19,22)(H,20,23). The first-order valence-electron chi connectivity index (χ1n) is 7.64. The second-order valence-electron chi connectivity index (χ2n) is 5.41. The molecule has 0 unspecified atom stereocenters. The van der Waals surface area contributed by atoms with E-state index in [4.69, 9.17) is 4.42 Å². The van der Waals surface area contributed by atoms with Gasteiger partial charge in [-0.3, -0.25) is 4.79 Å². The topological polar surface area (TPSA) is 80.0 Å². The first kappa shape index (κ1) is 15.7. The molecule has 24 heavy (non-hydrogen) atoms. The van der Waals surface area contributed by atoms with Gasteiger partial charge in [0.2, 0.25) is 0 Å². The number of carbonyl (C=O) groups is 1. The third-order valence-corrected chi connectivity index (χ3v) is 3.46. The van der Waals surface area contributed by atoms with Gasteiger partial charge in [0.25, 0.3) is 5.91 Å². The van der Waals surface area contributed by atoms with Crippen molar-refractivity contribution in [3.8, 4) is 0 Å². The van der Waals surface area contributed by atoms with Gasteiger partial charge in [0, 0.05) is 6.54 Å². The molecule has 0 fully saturated rings. The van der Waals surface area contributed by atoms with Gasteiger partial charge in [0.15, 0.2) is 5.69 Å². The zero-order valence-corrected chi connectivity index (χ0v) is 13.3. The fraction of sp³-hybridized carbons (Fsp3) is 0.167. The van der Waals surface area contributed by atoms with Crippen molar-refractivity contribution in [1.82, 2.24) is 15.5 Å². The molecular weight excluding hydrogens is 304 g/mol. The Balaban J connectivity index is 1.53. The van der Waals surface area contributed by atoms with Gasteiger partial charge in [-0.25, -0.2) is 0 Å². The summed E-state index contributed by atoms with van der Waals surface area (Å²) in [5.41, 5.74) is 2.49. The monoisotopic (exact) mass is 322 g/mol. The van der Waals surface area contributed by atoms with Crippen LogP contribution in [0.15, 0.2) is 59.2 Å². The summed E-state index contributed by atoms with van der Waals surface area (Å²) in [6.45, 7) is 2.99. The molecule has 3 aromatic rings. The van der Waals surface area contributed by atoms with Crippen LogP contribution in [0.4, 0.5) is 5.82 Å². The predicted octanol–water partition coefficient (Wildman–Crippen LogP) is 2.92. The Kier molecular flexibility index (Phi) is 4.86.